The van der Waals surface area contributed by atoms with Crippen LogP contribution in [0.2, 0.25) is 0 Å². The molecule has 0 unspecified atom stereocenters. The highest BCUT2D eigenvalue weighted by molar-refractivity contribution is 7.99. The van der Waals surface area contributed by atoms with Crippen molar-refractivity contribution in [3.05, 3.63) is 59.7 Å². The molecule has 0 atom stereocenters. The SMILES string of the molecule is CCn1c(SCC(=O)Nc2ccc(C(=O)O)cc2)nnc1-c1ccccc1C. The molecule has 0 aliphatic heterocycles. The molecule has 0 aliphatic rings. The van der Waals surface area contributed by atoms with Gasteiger partial charge in [0.2, 0.25) is 5.91 Å². The van der Waals surface area contributed by atoms with E-state index in [0.717, 1.165) is 17.0 Å². The van der Waals surface area contributed by atoms with Crippen molar-refractivity contribution >= 4 is 29.3 Å². The molecule has 0 bridgehead atoms. The molecule has 8 heteroatoms. The first-order chi connectivity index (χ1) is 13.5. The fourth-order valence-corrected chi connectivity index (χ4v) is 3.53. The molecule has 1 heterocycles. The van der Waals surface area contributed by atoms with Crippen molar-refractivity contribution in [2.45, 2.75) is 25.5 Å². The number of hydrogen-bond donors (Lipinski definition) is 2. The summed E-state index contributed by atoms with van der Waals surface area (Å²) in [4.78, 5) is 23.1. The zero-order valence-electron chi connectivity index (χ0n) is 15.5. The standard InChI is InChI=1S/C20H20N4O3S/c1-3-24-18(16-7-5-4-6-13(16)2)22-23-20(24)28-12-17(25)21-15-10-8-14(9-11-15)19(26)27/h4-11H,3,12H2,1-2H3,(H,21,25)(H,26,27). The van der Waals surface area contributed by atoms with Gasteiger partial charge < -0.3 is 15.0 Å². The van der Waals surface area contributed by atoms with Crippen LogP contribution in [-0.4, -0.2) is 37.5 Å². The van der Waals surface area contributed by atoms with Crippen molar-refractivity contribution in [3.63, 3.8) is 0 Å². The number of anilines is 1. The fourth-order valence-electron chi connectivity index (χ4n) is 2.73. The molecule has 0 saturated heterocycles. The topological polar surface area (TPSA) is 97.1 Å². The van der Waals surface area contributed by atoms with Crippen LogP contribution in [-0.2, 0) is 11.3 Å². The van der Waals surface area contributed by atoms with Gasteiger partial charge in [-0.05, 0) is 43.7 Å². The summed E-state index contributed by atoms with van der Waals surface area (Å²) < 4.78 is 1.99. The minimum absolute atomic E-state index is 0.173. The molecule has 7 nitrogen and oxygen atoms in total. The summed E-state index contributed by atoms with van der Waals surface area (Å²) in [5, 5.41) is 20.9. The van der Waals surface area contributed by atoms with Gasteiger partial charge in [0.15, 0.2) is 11.0 Å². The maximum absolute atomic E-state index is 12.2. The number of carboxylic acid groups (broad SMARTS) is 1. The predicted octanol–water partition coefficient (Wildman–Crippen LogP) is 3.70. The van der Waals surface area contributed by atoms with Crippen LogP contribution in [0.4, 0.5) is 5.69 Å². The number of carboxylic acids is 1. The normalized spacial score (nSPS) is 10.6. The number of thioether (sulfide) groups is 1. The van der Waals surface area contributed by atoms with E-state index in [-0.39, 0.29) is 17.2 Å². The molecule has 1 aromatic heterocycles. The summed E-state index contributed by atoms with van der Waals surface area (Å²) in [5.74, 6) is -0.243. The minimum Gasteiger partial charge on any atom is -0.478 e. The van der Waals surface area contributed by atoms with Crippen LogP contribution in [0, 0.1) is 6.92 Å². The maximum Gasteiger partial charge on any atom is 0.335 e. The van der Waals surface area contributed by atoms with Crippen LogP contribution in [0.25, 0.3) is 11.4 Å². The van der Waals surface area contributed by atoms with Gasteiger partial charge in [0, 0.05) is 17.8 Å². The van der Waals surface area contributed by atoms with Gasteiger partial charge in [-0.15, -0.1) is 10.2 Å². The number of aromatic carboxylic acids is 1. The first-order valence-electron chi connectivity index (χ1n) is 8.74. The van der Waals surface area contributed by atoms with Crippen LogP contribution in [0.5, 0.6) is 0 Å². The summed E-state index contributed by atoms with van der Waals surface area (Å²) in [6, 6.07) is 14.0. The molecule has 1 amide bonds. The Morgan fingerprint density at radius 1 is 1.11 bits per heavy atom. The van der Waals surface area contributed by atoms with Gasteiger partial charge in [0.25, 0.3) is 0 Å². The van der Waals surface area contributed by atoms with E-state index >= 15 is 0 Å². The molecule has 0 fully saturated rings. The van der Waals surface area contributed by atoms with Gasteiger partial charge in [0.1, 0.15) is 0 Å². The van der Waals surface area contributed by atoms with Crippen molar-refractivity contribution in [2.75, 3.05) is 11.1 Å². The highest BCUT2D eigenvalue weighted by Crippen LogP contribution is 2.26. The van der Waals surface area contributed by atoms with E-state index in [1.165, 1.54) is 23.9 Å². The van der Waals surface area contributed by atoms with E-state index in [4.69, 9.17) is 5.11 Å². The second-order valence-corrected chi connectivity index (χ2v) is 7.03. The maximum atomic E-state index is 12.2. The van der Waals surface area contributed by atoms with Crippen molar-refractivity contribution in [1.29, 1.82) is 0 Å². The van der Waals surface area contributed by atoms with E-state index in [2.05, 4.69) is 15.5 Å². The lowest BCUT2D eigenvalue weighted by molar-refractivity contribution is -0.113. The Morgan fingerprint density at radius 3 is 2.46 bits per heavy atom. The van der Waals surface area contributed by atoms with Crippen LogP contribution in [0.3, 0.4) is 0 Å². The second-order valence-electron chi connectivity index (χ2n) is 6.08. The van der Waals surface area contributed by atoms with Crippen molar-refractivity contribution in [2.24, 2.45) is 0 Å². The van der Waals surface area contributed by atoms with Crippen LogP contribution in [0.15, 0.2) is 53.7 Å². The largest absolute Gasteiger partial charge is 0.478 e. The quantitative estimate of drug-likeness (QED) is 0.591. The Morgan fingerprint density at radius 2 is 1.82 bits per heavy atom. The first-order valence-corrected chi connectivity index (χ1v) is 9.73. The van der Waals surface area contributed by atoms with Crippen LogP contribution >= 0.6 is 11.8 Å². The lowest BCUT2D eigenvalue weighted by atomic mass is 10.1. The van der Waals surface area contributed by atoms with E-state index in [0.29, 0.717) is 17.4 Å². The lowest BCUT2D eigenvalue weighted by Crippen LogP contribution is -2.14. The van der Waals surface area contributed by atoms with Gasteiger partial charge in [-0.3, -0.25) is 4.79 Å². The zero-order valence-corrected chi connectivity index (χ0v) is 16.4. The number of aromatic nitrogens is 3. The van der Waals surface area contributed by atoms with Gasteiger partial charge in [-0.2, -0.15) is 0 Å². The number of nitrogens with zero attached hydrogens (tertiary/aromatic N) is 3. The van der Waals surface area contributed by atoms with Crippen molar-refractivity contribution in [1.82, 2.24) is 14.8 Å². The van der Waals surface area contributed by atoms with E-state index in [1.54, 1.807) is 12.1 Å². The third-order valence-corrected chi connectivity index (χ3v) is 5.13. The zero-order chi connectivity index (χ0) is 20.1. The average Bonchev–Trinajstić information content (AvgIpc) is 3.10. The number of nitrogens with one attached hydrogen (secondary N) is 1. The molecular weight excluding hydrogens is 376 g/mol. The Bertz CT molecular complexity index is 999. The first kappa shape index (κ1) is 19.6. The molecule has 144 valence electrons. The average molecular weight is 396 g/mol. The Balaban J connectivity index is 1.67. The number of amides is 1. The third kappa shape index (κ3) is 4.40. The van der Waals surface area contributed by atoms with E-state index in [1.807, 2.05) is 42.7 Å². The monoisotopic (exact) mass is 396 g/mol. The molecule has 2 aromatic carbocycles. The smallest absolute Gasteiger partial charge is 0.335 e. The lowest BCUT2D eigenvalue weighted by Gasteiger charge is -2.09. The molecule has 0 radical (unpaired) electrons. The molecular formula is C20H20N4O3S. The third-order valence-electron chi connectivity index (χ3n) is 4.17. The van der Waals surface area contributed by atoms with Crippen LogP contribution in [0.1, 0.15) is 22.8 Å². The second kappa shape index (κ2) is 8.71. The van der Waals surface area contributed by atoms with Gasteiger partial charge >= 0.3 is 5.97 Å². The molecule has 28 heavy (non-hydrogen) atoms. The summed E-state index contributed by atoms with van der Waals surface area (Å²) >= 11 is 1.31. The Labute approximate surface area is 166 Å². The summed E-state index contributed by atoms with van der Waals surface area (Å²) in [6.07, 6.45) is 0. The van der Waals surface area contributed by atoms with E-state index in [9.17, 15) is 9.59 Å². The Kier molecular flexibility index (Phi) is 6.10. The van der Waals surface area contributed by atoms with Crippen LogP contribution < -0.4 is 5.32 Å². The fraction of sp³-hybridized carbons (Fsp3) is 0.200. The molecule has 3 aromatic rings. The highest BCUT2D eigenvalue weighted by Gasteiger charge is 2.16. The van der Waals surface area contributed by atoms with Crippen molar-refractivity contribution in [3.8, 4) is 11.4 Å². The number of aryl methyl sites for hydroxylation is 1. The summed E-state index contributed by atoms with van der Waals surface area (Å²) in [5.41, 5.74) is 2.86. The number of rotatable bonds is 7. The summed E-state index contributed by atoms with van der Waals surface area (Å²) in [6.45, 7) is 4.73. The Hall–Kier alpha value is -3.13. The number of hydrogen-bond acceptors (Lipinski definition) is 5. The summed E-state index contributed by atoms with van der Waals surface area (Å²) in [7, 11) is 0. The predicted molar refractivity (Wildman–Crippen MR) is 109 cm³/mol. The van der Waals surface area contributed by atoms with Gasteiger partial charge in [-0.25, -0.2) is 4.79 Å². The van der Waals surface area contributed by atoms with E-state index < -0.39 is 5.97 Å². The van der Waals surface area contributed by atoms with Gasteiger partial charge in [-0.1, -0.05) is 36.0 Å². The van der Waals surface area contributed by atoms with Gasteiger partial charge in [0.05, 0.1) is 11.3 Å². The minimum atomic E-state index is -1.00. The number of benzene rings is 2. The van der Waals surface area contributed by atoms with Crippen molar-refractivity contribution < 1.29 is 14.7 Å². The number of carbonyl (C=O) groups excluding carboxylic acids is 1. The molecule has 3 rings (SSSR count). The molecule has 0 spiro atoms. The molecule has 0 saturated carbocycles. The number of carbonyl (C=O) groups is 2. The molecule has 0 aliphatic carbocycles. The highest BCUT2D eigenvalue weighted by atomic mass is 32.2. The molecule has 2 N–H and O–H groups in total.